The average Bonchev–Trinajstić information content (AvgIpc) is 3.29. The van der Waals surface area contributed by atoms with Crippen molar-refractivity contribution in [1.29, 1.82) is 0 Å². The number of nitrogen functional groups attached to an aromatic ring is 1. The molecule has 0 unspecified atom stereocenters. The lowest BCUT2D eigenvalue weighted by molar-refractivity contribution is -0.142. The van der Waals surface area contributed by atoms with Crippen LogP contribution in [0.2, 0.25) is 0 Å². The number of fused-ring (bicyclic) bond motifs is 1. The third-order valence-corrected chi connectivity index (χ3v) is 10.1. The molecule has 3 aromatic rings. The number of hydrogen-bond acceptors (Lipinski definition) is 6. The molecular weight excluding hydrogens is 692 g/mol. The molecule has 4 amide bonds. The molecule has 3 aliphatic heterocycles. The van der Waals surface area contributed by atoms with Gasteiger partial charge in [0.25, 0.3) is 0 Å². The fourth-order valence-corrected chi connectivity index (χ4v) is 7.33. The smallest absolute Gasteiger partial charge is 0.398 e. The first-order valence-corrected chi connectivity index (χ1v) is 17.1. The molecule has 3 N–H and O–H groups in total. The van der Waals surface area contributed by atoms with Gasteiger partial charge in [-0.25, -0.2) is 4.79 Å². The SMILES string of the molecule is Nc1c(C(F)(F)F)cc(C[C@@H](CC(=O)N2CCC(N3CCc4ccccc4NC3=O)CC2)C(=O)N2CCN(c3ccncc3)CC2)cc1C(F)(F)F. The summed E-state index contributed by atoms with van der Waals surface area (Å²) < 4.78 is 83.2. The van der Waals surface area contributed by atoms with E-state index in [9.17, 15) is 40.7 Å². The molecule has 4 heterocycles. The van der Waals surface area contributed by atoms with E-state index in [0.717, 1.165) is 16.9 Å². The fourth-order valence-electron chi connectivity index (χ4n) is 7.33. The topological polar surface area (TPSA) is 115 Å². The Morgan fingerprint density at radius 3 is 2.08 bits per heavy atom. The second-order valence-electron chi connectivity index (χ2n) is 13.4. The average molecular weight is 732 g/mol. The van der Waals surface area contributed by atoms with Gasteiger partial charge in [-0.3, -0.25) is 14.6 Å². The van der Waals surface area contributed by atoms with Gasteiger partial charge in [-0.1, -0.05) is 18.2 Å². The van der Waals surface area contributed by atoms with Gasteiger partial charge >= 0.3 is 18.4 Å². The Morgan fingerprint density at radius 2 is 1.46 bits per heavy atom. The quantitative estimate of drug-likeness (QED) is 0.239. The third-order valence-electron chi connectivity index (χ3n) is 10.1. The zero-order valence-electron chi connectivity index (χ0n) is 28.2. The van der Waals surface area contributed by atoms with E-state index in [4.69, 9.17) is 5.73 Å². The van der Waals surface area contributed by atoms with Crippen LogP contribution in [0, 0.1) is 5.92 Å². The standard InChI is InChI=1S/C36H39F6N7O3/c37-35(38,39)28-20-23(21-29(32(28)43)36(40,41)42)19-25(33(51)48-17-15-46(16-18-48)26-5-10-44-11-6-26)22-31(50)47-12-8-27(9-13-47)49-14-7-24-3-1-2-4-30(24)45-34(49)52/h1-6,10-11,20-21,25,27H,7-9,12-19,22,43H2,(H,45,52)/t25-/m0/s1. The highest BCUT2D eigenvalue weighted by molar-refractivity contribution is 5.91. The summed E-state index contributed by atoms with van der Waals surface area (Å²) in [5, 5.41) is 2.95. The van der Waals surface area contributed by atoms with Crippen LogP contribution in [0.25, 0.3) is 0 Å². The maximum Gasteiger partial charge on any atom is 0.418 e. The van der Waals surface area contributed by atoms with E-state index in [1.54, 1.807) is 22.2 Å². The number of likely N-dealkylation sites (tertiary alicyclic amines) is 1. The molecule has 0 spiro atoms. The third kappa shape index (κ3) is 8.20. The first-order chi connectivity index (χ1) is 24.7. The number of halogens is 6. The van der Waals surface area contributed by atoms with E-state index < -0.39 is 65.3 Å². The number of alkyl halides is 6. The number of hydrogen-bond donors (Lipinski definition) is 2. The van der Waals surface area contributed by atoms with Crippen LogP contribution in [0.4, 0.5) is 48.2 Å². The van der Waals surface area contributed by atoms with Crippen molar-refractivity contribution < 1.29 is 40.7 Å². The number of rotatable bonds is 7. The van der Waals surface area contributed by atoms with E-state index in [0.29, 0.717) is 51.0 Å². The molecule has 3 aliphatic rings. The van der Waals surface area contributed by atoms with Crippen molar-refractivity contribution in [3.63, 3.8) is 0 Å². The predicted molar refractivity (Wildman–Crippen MR) is 181 cm³/mol. The molecular formula is C36H39F6N7O3. The number of benzene rings is 2. The molecule has 0 aliphatic carbocycles. The minimum Gasteiger partial charge on any atom is -0.398 e. The van der Waals surface area contributed by atoms with Crippen LogP contribution in [-0.4, -0.2) is 89.4 Å². The summed E-state index contributed by atoms with van der Waals surface area (Å²) in [6, 6.07) is 11.9. The number of amides is 4. The number of piperazine rings is 1. The number of anilines is 3. The Labute approximate surface area is 296 Å². The summed E-state index contributed by atoms with van der Waals surface area (Å²) in [7, 11) is 0. The Balaban J connectivity index is 1.18. The zero-order valence-corrected chi connectivity index (χ0v) is 28.2. The molecule has 10 nitrogen and oxygen atoms in total. The second kappa shape index (κ2) is 14.9. The van der Waals surface area contributed by atoms with Crippen LogP contribution in [0.1, 0.15) is 41.5 Å². The van der Waals surface area contributed by atoms with E-state index in [2.05, 4.69) is 10.3 Å². The van der Waals surface area contributed by atoms with Crippen LogP contribution in [0.15, 0.2) is 60.9 Å². The summed E-state index contributed by atoms with van der Waals surface area (Å²) in [4.78, 5) is 51.7. The Hall–Kier alpha value is -5.02. The monoisotopic (exact) mass is 731 g/mol. The van der Waals surface area contributed by atoms with Gasteiger partial charge in [0.1, 0.15) is 0 Å². The highest BCUT2D eigenvalue weighted by Crippen LogP contribution is 2.42. The largest absolute Gasteiger partial charge is 0.418 e. The molecule has 2 fully saturated rings. The van der Waals surface area contributed by atoms with E-state index in [1.807, 2.05) is 41.3 Å². The van der Waals surface area contributed by atoms with Crippen LogP contribution < -0.4 is 16.0 Å². The van der Waals surface area contributed by atoms with Crippen LogP contribution in [-0.2, 0) is 34.8 Å². The summed E-state index contributed by atoms with van der Waals surface area (Å²) in [6.07, 6.45) is -6.46. The molecule has 2 aromatic carbocycles. The van der Waals surface area contributed by atoms with Crippen LogP contribution >= 0.6 is 0 Å². The van der Waals surface area contributed by atoms with Gasteiger partial charge in [0.15, 0.2) is 0 Å². The van der Waals surface area contributed by atoms with Gasteiger partial charge < -0.3 is 30.7 Å². The van der Waals surface area contributed by atoms with Gasteiger partial charge in [0.05, 0.1) is 22.7 Å². The molecule has 2 saturated heterocycles. The van der Waals surface area contributed by atoms with E-state index >= 15 is 0 Å². The number of para-hydroxylation sites is 1. The summed E-state index contributed by atoms with van der Waals surface area (Å²) >= 11 is 0. The number of carbonyl (C=O) groups is 3. The van der Waals surface area contributed by atoms with Crippen molar-refractivity contribution in [2.24, 2.45) is 5.92 Å². The minimum absolute atomic E-state index is 0.149. The summed E-state index contributed by atoms with van der Waals surface area (Å²) in [5.74, 6) is -2.21. The van der Waals surface area contributed by atoms with Crippen LogP contribution in [0.3, 0.4) is 0 Å². The Morgan fingerprint density at radius 1 is 0.846 bits per heavy atom. The molecule has 1 aromatic heterocycles. The number of urea groups is 1. The van der Waals surface area contributed by atoms with E-state index in [-0.39, 0.29) is 38.3 Å². The minimum atomic E-state index is -5.18. The first-order valence-electron chi connectivity index (χ1n) is 17.1. The van der Waals surface area contributed by atoms with Crippen molar-refractivity contribution in [2.75, 3.05) is 61.8 Å². The predicted octanol–water partition coefficient (Wildman–Crippen LogP) is 5.68. The normalized spacial score (nSPS) is 18.1. The summed E-state index contributed by atoms with van der Waals surface area (Å²) in [5.41, 5.74) is 2.88. The molecule has 0 bridgehead atoms. The van der Waals surface area contributed by atoms with Gasteiger partial charge in [-0.05, 0) is 67.1 Å². The van der Waals surface area contributed by atoms with Gasteiger partial charge in [0.2, 0.25) is 11.8 Å². The van der Waals surface area contributed by atoms with Crippen molar-refractivity contribution in [2.45, 2.75) is 50.5 Å². The number of nitrogens with zero attached hydrogens (tertiary/aromatic N) is 5. The van der Waals surface area contributed by atoms with Crippen molar-refractivity contribution in [3.8, 4) is 0 Å². The van der Waals surface area contributed by atoms with Gasteiger partial charge in [0, 0.05) is 82.0 Å². The number of pyridine rings is 1. The number of carbonyl (C=O) groups excluding carboxylic acids is 3. The van der Waals surface area contributed by atoms with Crippen molar-refractivity contribution in [3.05, 3.63) is 83.2 Å². The molecule has 6 rings (SSSR count). The lowest BCUT2D eigenvalue weighted by atomic mass is 9.90. The number of nitrogens with one attached hydrogen (secondary N) is 1. The maximum absolute atomic E-state index is 14.0. The van der Waals surface area contributed by atoms with E-state index in [1.165, 1.54) is 4.90 Å². The molecule has 52 heavy (non-hydrogen) atoms. The zero-order chi connectivity index (χ0) is 37.2. The molecule has 16 heteroatoms. The first kappa shape index (κ1) is 36.8. The molecule has 0 radical (unpaired) electrons. The van der Waals surface area contributed by atoms with Gasteiger partial charge in [-0.15, -0.1) is 0 Å². The molecule has 0 saturated carbocycles. The molecule has 1 atom stereocenters. The second-order valence-corrected chi connectivity index (χ2v) is 13.4. The van der Waals surface area contributed by atoms with Crippen LogP contribution in [0.5, 0.6) is 0 Å². The number of nitrogens with two attached hydrogens (primary N) is 1. The fraction of sp³-hybridized carbons (Fsp3) is 0.444. The summed E-state index contributed by atoms with van der Waals surface area (Å²) in [6.45, 7) is 2.36. The maximum atomic E-state index is 14.0. The molecule has 278 valence electrons. The highest BCUT2D eigenvalue weighted by atomic mass is 19.4. The lowest BCUT2D eigenvalue weighted by Crippen LogP contribution is -2.52. The van der Waals surface area contributed by atoms with Gasteiger partial charge in [-0.2, -0.15) is 26.3 Å². The number of aromatic nitrogens is 1. The highest BCUT2D eigenvalue weighted by Gasteiger charge is 2.42. The van der Waals surface area contributed by atoms with Crippen molar-refractivity contribution in [1.82, 2.24) is 19.7 Å². The van der Waals surface area contributed by atoms with Crippen molar-refractivity contribution >= 4 is 34.9 Å². The number of piperidine rings is 1. The Bertz CT molecular complexity index is 1740. The Kier molecular flexibility index (Phi) is 10.5. The lowest BCUT2D eigenvalue weighted by Gasteiger charge is -2.39.